The SMILES string of the molecule is COC(=O)CC=Cc1ccc(CO)c(C)c1. The molecule has 86 valence electrons. The van der Waals surface area contributed by atoms with E-state index in [1.54, 1.807) is 6.08 Å². The fourth-order valence-electron chi connectivity index (χ4n) is 1.37. The van der Waals surface area contributed by atoms with Gasteiger partial charge in [-0.3, -0.25) is 4.79 Å². The fourth-order valence-corrected chi connectivity index (χ4v) is 1.37. The lowest BCUT2D eigenvalue weighted by Gasteiger charge is -2.02. The molecule has 0 saturated carbocycles. The molecular formula is C13H16O3. The van der Waals surface area contributed by atoms with Crippen LogP contribution in [0.1, 0.15) is 23.1 Å². The summed E-state index contributed by atoms with van der Waals surface area (Å²) in [6.07, 6.45) is 3.90. The minimum atomic E-state index is -0.250. The van der Waals surface area contributed by atoms with E-state index in [2.05, 4.69) is 4.74 Å². The first-order valence-electron chi connectivity index (χ1n) is 5.11. The Morgan fingerprint density at radius 2 is 2.25 bits per heavy atom. The van der Waals surface area contributed by atoms with Gasteiger partial charge in [0.15, 0.2) is 0 Å². The Bertz CT molecular complexity index is 394. The predicted molar refractivity (Wildman–Crippen MR) is 62.8 cm³/mol. The highest BCUT2D eigenvalue weighted by Gasteiger charge is 1.97. The number of aliphatic hydroxyl groups is 1. The molecule has 0 amide bonds. The molecule has 3 heteroatoms. The van der Waals surface area contributed by atoms with E-state index in [0.717, 1.165) is 16.7 Å². The van der Waals surface area contributed by atoms with Gasteiger partial charge in [0, 0.05) is 0 Å². The summed E-state index contributed by atoms with van der Waals surface area (Å²) in [6.45, 7) is 2.00. The molecule has 0 radical (unpaired) electrons. The molecule has 1 aromatic rings. The number of hydrogen-bond donors (Lipinski definition) is 1. The number of rotatable bonds is 4. The summed E-state index contributed by atoms with van der Waals surface area (Å²) in [7, 11) is 1.37. The number of hydrogen-bond acceptors (Lipinski definition) is 3. The van der Waals surface area contributed by atoms with Crippen LogP contribution in [0.4, 0.5) is 0 Å². The number of ether oxygens (including phenoxy) is 1. The molecule has 0 fully saturated rings. The van der Waals surface area contributed by atoms with Crippen molar-refractivity contribution in [2.24, 2.45) is 0 Å². The standard InChI is InChI=1S/C13H16O3/c1-10-8-11(6-7-12(10)9-14)4-3-5-13(15)16-2/h3-4,6-8,14H,5,9H2,1-2H3. The van der Waals surface area contributed by atoms with Gasteiger partial charge in [0.05, 0.1) is 20.1 Å². The van der Waals surface area contributed by atoms with Gasteiger partial charge in [-0.2, -0.15) is 0 Å². The number of methoxy groups -OCH3 is 1. The smallest absolute Gasteiger partial charge is 0.309 e. The predicted octanol–water partition coefficient (Wildman–Crippen LogP) is 2.06. The Morgan fingerprint density at radius 1 is 1.50 bits per heavy atom. The number of carbonyl (C=O) groups excluding carboxylic acids is 1. The van der Waals surface area contributed by atoms with Crippen molar-refractivity contribution in [1.82, 2.24) is 0 Å². The highest BCUT2D eigenvalue weighted by Crippen LogP contribution is 2.12. The molecule has 0 unspecified atom stereocenters. The molecule has 3 nitrogen and oxygen atoms in total. The van der Waals surface area contributed by atoms with E-state index < -0.39 is 0 Å². The van der Waals surface area contributed by atoms with E-state index in [-0.39, 0.29) is 19.0 Å². The Kier molecular flexibility index (Phi) is 4.73. The molecule has 1 N–H and O–H groups in total. The van der Waals surface area contributed by atoms with E-state index >= 15 is 0 Å². The van der Waals surface area contributed by atoms with Crippen molar-refractivity contribution in [3.63, 3.8) is 0 Å². The van der Waals surface area contributed by atoms with Gasteiger partial charge < -0.3 is 9.84 Å². The summed E-state index contributed by atoms with van der Waals surface area (Å²) < 4.78 is 4.53. The highest BCUT2D eigenvalue weighted by atomic mass is 16.5. The van der Waals surface area contributed by atoms with E-state index in [4.69, 9.17) is 5.11 Å². The van der Waals surface area contributed by atoms with E-state index in [1.807, 2.05) is 31.2 Å². The second kappa shape index (κ2) is 6.08. The first-order chi connectivity index (χ1) is 7.67. The van der Waals surface area contributed by atoms with Crippen LogP contribution in [0.15, 0.2) is 24.3 Å². The fraction of sp³-hybridized carbons (Fsp3) is 0.308. The van der Waals surface area contributed by atoms with Crippen LogP contribution in [0.2, 0.25) is 0 Å². The molecular weight excluding hydrogens is 204 g/mol. The number of aliphatic hydroxyl groups excluding tert-OH is 1. The maximum Gasteiger partial charge on any atom is 0.309 e. The summed E-state index contributed by atoms with van der Waals surface area (Å²) >= 11 is 0. The molecule has 0 bridgehead atoms. The monoisotopic (exact) mass is 220 g/mol. The van der Waals surface area contributed by atoms with Gasteiger partial charge in [0.25, 0.3) is 0 Å². The largest absolute Gasteiger partial charge is 0.469 e. The molecule has 0 aliphatic rings. The number of esters is 1. The first-order valence-corrected chi connectivity index (χ1v) is 5.11. The van der Waals surface area contributed by atoms with Gasteiger partial charge in [-0.15, -0.1) is 0 Å². The van der Waals surface area contributed by atoms with Gasteiger partial charge >= 0.3 is 5.97 Å². The zero-order valence-electron chi connectivity index (χ0n) is 9.56. The van der Waals surface area contributed by atoms with Crippen molar-refractivity contribution in [2.75, 3.05) is 7.11 Å². The van der Waals surface area contributed by atoms with Crippen molar-refractivity contribution in [1.29, 1.82) is 0 Å². The zero-order valence-corrected chi connectivity index (χ0v) is 9.56. The summed E-state index contributed by atoms with van der Waals surface area (Å²) in [5, 5.41) is 9.01. The normalized spacial score (nSPS) is 10.7. The molecule has 0 saturated heterocycles. The van der Waals surface area contributed by atoms with Crippen molar-refractivity contribution < 1.29 is 14.6 Å². The summed E-state index contributed by atoms with van der Waals surface area (Å²) in [6, 6.07) is 5.76. The van der Waals surface area contributed by atoms with Crippen molar-refractivity contribution in [3.05, 3.63) is 41.0 Å². The van der Waals surface area contributed by atoms with Gasteiger partial charge in [0.1, 0.15) is 0 Å². The summed E-state index contributed by atoms with van der Waals surface area (Å²) in [4.78, 5) is 10.9. The van der Waals surface area contributed by atoms with Gasteiger partial charge in [-0.1, -0.05) is 30.4 Å². The lowest BCUT2D eigenvalue weighted by molar-refractivity contribution is -0.139. The second-order valence-corrected chi connectivity index (χ2v) is 3.53. The molecule has 1 aromatic carbocycles. The lowest BCUT2D eigenvalue weighted by Crippen LogP contribution is -1.96. The zero-order chi connectivity index (χ0) is 12.0. The van der Waals surface area contributed by atoms with Crippen LogP contribution in [-0.4, -0.2) is 18.2 Å². The van der Waals surface area contributed by atoms with Gasteiger partial charge in [0.2, 0.25) is 0 Å². The highest BCUT2D eigenvalue weighted by molar-refractivity contribution is 5.72. The van der Waals surface area contributed by atoms with E-state index in [1.165, 1.54) is 7.11 Å². The van der Waals surface area contributed by atoms with Crippen LogP contribution in [0, 0.1) is 6.92 Å². The molecule has 0 atom stereocenters. The van der Waals surface area contributed by atoms with E-state index in [9.17, 15) is 4.79 Å². The Balaban J connectivity index is 2.68. The van der Waals surface area contributed by atoms with Crippen LogP contribution in [0.5, 0.6) is 0 Å². The van der Waals surface area contributed by atoms with Crippen LogP contribution in [0.25, 0.3) is 6.08 Å². The molecule has 0 spiro atoms. The third kappa shape index (κ3) is 3.51. The molecule has 0 aliphatic carbocycles. The summed E-state index contributed by atoms with van der Waals surface area (Å²) in [5.74, 6) is -0.250. The van der Waals surface area contributed by atoms with Gasteiger partial charge in [-0.05, 0) is 23.6 Å². The summed E-state index contributed by atoms with van der Waals surface area (Å²) in [5.41, 5.74) is 2.98. The van der Waals surface area contributed by atoms with Crippen LogP contribution in [0.3, 0.4) is 0 Å². The molecule has 1 rings (SSSR count). The Labute approximate surface area is 95.4 Å². The third-order valence-corrected chi connectivity index (χ3v) is 2.36. The average Bonchev–Trinajstić information content (AvgIpc) is 2.29. The third-order valence-electron chi connectivity index (χ3n) is 2.36. The van der Waals surface area contributed by atoms with Crippen LogP contribution < -0.4 is 0 Å². The lowest BCUT2D eigenvalue weighted by atomic mass is 10.1. The Morgan fingerprint density at radius 3 is 2.81 bits per heavy atom. The number of benzene rings is 1. The molecule has 16 heavy (non-hydrogen) atoms. The quantitative estimate of drug-likeness (QED) is 0.790. The second-order valence-electron chi connectivity index (χ2n) is 3.53. The minimum absolute atomic E-state index is 0.0536. The first kappa shape index (κ1) is 12.5. The van der Waals surface area contributed by atoms with Crippen molar-refractivity contribution in [3.8, 4) is 0 Å². The van der Waals surface area contributed by atoms with Crippen molar-refractivity contribution >= 4 is 12.0 Å². The molecule has 0 aliphatic heterocycles. The average molecular weight is 220 g/mol. The number of carbonyl (C=O) groups is 1. The van der Waals surface area contributed by atoms with Crippen molar-refractivity contribution in [2.45, 2.75) is 20.0 Å². The molecule has 0 aromatic heterocycles. The maximum absolute atomic E-state index is 10.9. The van der Waals surface area contributed by atoms with Crippen LogP contribution in [-0.2, 0) is 16.1 Å². The minimum Gasteiger partial charge on any atom is -0.469 e. The molecule has 0 heterocycles. The Hall–Kier alpha value is -1.61. The number of aryl methyl sites for hydroxylation is 1. The van der Waals surface area contributed by atoms with Crippen LogP contribution >= 0.6 is 0 Å². The topological polar surface area (TPSA) is 46.5 Å². The maximum atomic E-state index is 10.9. The van der Waals surface area contributed by atoms with E-state index in [0.29, 0.717) is 0 Å². The van der Waals surface area contributed by atoms with Gasteiger partial charge in [-0.25, -0.2) is 0 Å².